The molecule has 1 fully saturated rings. The van der Waals surface area contributed by atoms with Crippen LogP contribution in [0, 0.1) is 11.8 Å². The third kappa shape index (κ3) is 19.6. The summed E-state index contributed by atoms with van der Waals surface area (Å²) in [6, 6.07) is -0.859. The molecule has 1 saturated carbocycles. The molecule has 0 aromatic heterocycles. The minimum atomic E-state index is -1.02. The Morgan fingerprint density at radius 2 is 1.05 bits per heavy atom. The second kappa shape index (κ2) is 22.7. The smallest absolute Gasteiger partial charge is 0.325 e. The van der Waals surface area contributed by atoms with Gasteiger partial charge in [-0.2, -0.15) is 0 Å². The number of carboxylic acid groups (broad SMARTS) is 2. The van der Waals surface area contributed by atoms with Crippen LogP contribution in [-0.4, -0.2) is 46.6 Å². The number of carboxylic acids is 2. The van der Waals surface area contributed by atoms with Crippen LogP contribution >= 0.6 is 0 Å². The van der Waals surface area contributed by atoms with E-state index in [9.17, 15) is 19.2 Å². The van der Waals surface area contributed by atoms with Crippen LogP contribution < -0.4 is 10.6 Å². The first-order valence-corrected chi connectivity index (χ1v) is 15.8. The Labute approximate surface area is 236 Å². The van der Waals surface area contributed by atoms with Crippen molar-refractivity contribution in [1.29, 1.82) is 0 Å². The number of unbranched alkanes of at least 4 members (excludes halogenated alkanes) is 15. The first-order valence-electron chi connectivity index (χ1n) is 15.8. The molecule has 0 radical (unpaired) electrons. The van der Waals surface area contributed by atoms with Crippen molar-refractivity contribution in [1.82, 2.24) is 10.6 Å². The SMILES string of the molecule is CC(NC(=O)[C@H]1CC[C@H](CNC(=O)CCCCCCCCCCCCCCCCCCC(=O)O)CC1)C(=O)O. The standard InChI is InChI=1S/C31H56N2O6/c1-25(31(38)39)33-30(37)27-22-20-26(21-23-27)24-32-28(34)18-16-14-12-10-8-6-4-2-3-5-7-9-11-13-15-17-19-29(35)36/h25-27H,2-24H2,1H3,(H,32,34)(H,33,37)(H,35,36)(H,38,39)/t25?,26-,27-. The van der Waals surface area contributed by atoms with Crippen molar-refractivity contribution in [2.75, 3.05) is 6.54 Å². The lowest BCUT2D eigenvalue weighted by molar-refractivity contribution is -0.142. The summed E-state index contributed by atoms with van der Waals surface area (Å²) in [5.41, 5.74) is 0. The Kier molecular flexibility index (Phi) is 20.3. The number of hydrogen-bond donors (Lipinski definition) is 4. The maximum atomic E-state index is 12.2. The summed E-state index contributed by atoms with van der Waals surface area (Å²) < 4.78 is 0. The zero-order chi connectivity index (χ0) is 28.7. The van der Waals surface area contributed by atoms with E-state index in [2.05, 4.69) is 10.6 Å². The number of nitrogens with one attached hydrogen (secondary N) is 2. The molecule has 2 amide bonds. The van der Waals surface area contributed by atoms with Gasteiger partial charge in [-0.05, 0) is 51.4 Å². The molecule has 0 aromatic rings. The summed E-state index contributed by atoms with van der Waals surface area (Å²) in [7, 11) is 0. The highest BCUT2D eigenvalue weighted by molar-refractivity contribution is 5.84. The van der Waals surface area contributed by atoms with Gasteiger partial charge in [-0.25, -0.2) is 0 Å². The molecular weight excluding hydrogens is 496 g/mol. The molecular formula is C31H56N2O6. The van der Waals surface area contributed by atoms with Crippen molar-refractivity contribution >= 4 is 23.8 Å². The predicted molar refractivity (Wildman–Crippen MR) is 154 cm³/mol. The Hall–Kier alpha value is -2.12. The summed E-state index contributed by atoms with van der Waals surface area (Å²) >= 11 is 0. The Bertz CT molecular complexity index is 691. The van der Waals surface area contributed by atoms with E-state index in [1.807, 2.05) is 0 Å². The van der Waals surface area contributed by atoms with Crippen LogP contribution in [0.25, 0.3) is 0 Å². The molecule has 0 aromatic carbocycles. The lowest BCUT2D eigenvalue weighted by Gasteiger charge is -2.28. The van der Waals surface area contributed by atoms with Crippen LogP contribution in [0.2, 0.25) is 0 Å². The van der Waals surface area contributed by atoms with Crippen molar-refractivity contribution in [3.05, 3.63) is 0 Å². The number of rotatable bonds is 24. The fourth-order valence-electron chi connectivity index (χ4n) is 5.40. The Morgan fingerprint density at radius 1 is 0.641 bits per heavy atom. The van der Waals surface area contributed by atoms with Gasteiger partial charge in [0.1, 0.15) is 6.04 Å². The highest BCUT2D eigenvalue weighted by Crippen LogP contribution is 2.28. The van der Waals surface area contributed by atoms with Gasteiger partial charge in [0.15, 0.2) is 0 Å². The molecule has 1 unspecified atom stereocenters. The molecule has 39 heavy (non-hydrogen) atoms. The predicted octanol–water partition coefficient (Wildman–Crippen LogP) is 6.60. The monoisotopic (exact) mass is 552 g/mol. The van der Waals surface area contributed by atoms with Crippen LogP contribution in [-0.2, 0) is 19.2 Å². The van der Waals surface area contributed by atoms with Gasteiger partial charge in [0.2, 0.25) is 11.8 Å². The minimum Gasteiger partial charge on any atom is -0.481 e. The van der Waals surface area contributed by atoms with Crippen molar-refractivity contribution in [2.24, 2.45) is 11.8 Å². The fraction of sp³-hybridized carbons (Fsp3) is 0.871. The molecule has 8 nitrogen and oxygen atoms in total. The lowest BCUT2D eigenvalue weighted by atomic mass is 9.81. The first kappa shape index (κ1) is 34.9. The van der Waals surface area contributed by atoms with Gasteiger partial charge in [0.05, 0.1) is 0 Å². The van der Waals surface area contributed by atoms with Crippen LogP contribution in [0.1, 0.15) is 148 Å². The molecule has 0 bridgehead atoms. The summed E-state index contributed by atoms with van der Waals surface area (Å²) in [6.45, 7) is 2.15. The number of carbonyl (C=O) groups excluding carboxylic acids is 2. The van der Waals surface area contributed by atoms with Crippen LogP contribution in [0.3, 0.4) is 0 Å². The lowest BCUT2D eigenvalue weighted by Crippen LogP contribution is -2.43. The van der Waals surface area contributed by atoms with Crippen LogP contribution in [0.15, 0.2) is 0 Å². The summed E-state index contributed by atoms with van der Waals surface area (Å²) in [4.78, 5) is 45.7. The van der Waals surface area contributed by atoms with E-state index in [1.54, 1.807) is 0 Å². The molecule has 1 aliphatic rings. The second-order valence-corrected chi connectivity index (χ2v) is 11.6. The summed E-state index contributed by atoms with van der Waals surface area (Å²) in [5, 5.41) is 23.2. The van der Waals surface area contributed by atoms with E-state index in [0.29, 0.717) is 25.3 Å². The van der Waals surface area contributed by atoms with Gasteiger partial charge in [-0.1, -0.05) is 89.9 Å². The topological polar surface area (TPSA) is 133 Å². The van der Waals surface area contributed by atoms with Gasteiger partial charge in [0, 0.05) is 25.3 Å². The second-order valence-electron chi connectivity index (χ2n) is 11.6. The molecule has 0 spiro atoms. The number of amides is 2. The average molecular weight is 553 g/mol. The number of hydrogen-bond acceptors (Lipinski definition) is 4. The zero-order valence-corrected chi connectivity index (χ0v) is 24.5. The van der Waals surface area contributed by atoms with Gasteiger partial charge in [-0.3, -0.25) is 19.2 Å². The van der Waals surface area contributed by atoms with E-state index in [-0.39, 0.29) is 17.7 Å². The van der Waals surface area contributed by atoms with Crippen LogP contribution in [0.4, 0.5) is 0 Å². The molecule has 0 heterocycles. The summed E-state index contributed by atoms with van der Waals surface area (Å²) in [5.74, 6) is -1.46. The van der Waals surface area contributed by atoms with Gasteiger partial charge >= 0.3 is 11.9 Å². The molecule has 1 rings (SSSR count). The summed E-state index contributed by atoms with van der Waals surface area (Å²) in [6.07, 6.45) is 23.4. The molecule has 8 heteroatoms. The third-order valence-electron chi connectivity index (χ3n) is 8.08. The van der Waals surface area contributed by atoms with E-state index in [4.69, 9.17) is 10.2 Å². The maximum Gasteiger partial charge on any atom is 0.325 e. The molecule has 4 N–H and O–H groups in total. The third-order valence-corrected chi connectivity index (χ3v) is 8.08. The van der Waals surface area contributed by atoms with Crippen LogP contribution in [0.5, 0.6) is 0 Å². The van der Waals surface area contributed by atoms with Crippen molar-refractivity contribution in [2.45, 2.75) is 154 Å². The number of carbonyl (C=O) groups is 4. The quantitative estimate of drug-likeness (QED) is 0.0997. The van der Waals surface area contributed by atoms with E-state index < -0.39 is 18.0 Å². The minimum absolute atomic E-state index is 0.121. The fourth-order valence-corrected chi connectivity index (χ4v) is 5.40. The molecule has 0 aliphatic heterocycles. The Balaban J connectivity index is 1.84. The largest absolute Gasteiger partial charge is 0.481 e. The van der Waals surface area contributed by atoms with Gasteiger partial charge < -0.3 is 20.8 Å². The highest BCUT2D eigenvalue weighted by Gasteiger charge is 2.28. The maximum absolute atomic E-state index is 12.2. The molecule has 1 atom stereocenters. The van der Waals surface area contributed by atoms with E-state index >= 15 is 0 Å². The van der Waals surface area contributed by atoms with E-state index in [1.165, 1.54) is 84.0 Å². The normalized spacial score (nSPS) is 17.9. The van der Waals surface area contributed by atoms with Crippen molar-refractivity contribution in [3.8, 4) is 0 Å². The van der Waals surface area contributed by atoms with Gasteiger partial charge in [0.25, 0.3) is 0 Å². The Morgan fingerprint density at radius 3 is 1.46 bits per heavy atom. The zero-order valence-electron chi connectivity index (χ0n) is 24.5. The number of aliphatic carboxylic acids is 2. The first-order chi connectivity index (χ1) is 18.8. The van der Waals surface area contributed by atoms with E-state index in [0.717, 1.165) is 51.4 Å². The molecule has 1 aliphatic carbocycles. The molecule has 226 valence electrons. The highest BCUT2D eigenvalue weighted by atomic mass is 16.4. The molecule has 0 saturated heterocycles. The van der Waals surface area contributed by atoms with Gasteiger partial charge in [-0.15, -0.1) is 0 Å². The van der Waals surface area contributed by atoms with Crippen molar-refractivity contribution < 1.29 is 29.4 Å². The van der Waals surface area contributed by atoms with Crippen molar-refractivity contribution in [3.63, 3.8) is 0 Å². The average Bonchev–Trinajstić information content (AvgIpc) is 2.91.